The number of hydrogen-bond acceptors (Lipinski definition) is 3. The van der Waals surface area contributed by atoms with Gasteiger partial charge < -0.3 is 16.0 Å². The van der Waals surface area contributed by atoms with Crippen LogP contribution in [0, 0.1) is 5.92 Å². The summed E-state index contributed by atoms with van der Waals surface area (Å²) in [5.74, 6) is 0.0265. The Bertz CT molecular complexity index is 825. The lowest BCUT2D eigenvalue weighted by molar-refractivity contribution is -0.120. The van der Waals surface area contributed by atoms with Crippen LogP contribution in [-0.4, -0.2) is 24.9 Å². The highest BCUT2D eigenvalue weighted by atomic mass is 79.9. The lowest BCUT2D eigenvalue weighted by Crippen LogP contribution is -2.32. The number of nitrogens with one attached hydrogen (secondary N) is 3. The summed E-state index contributed by atoms with van der Waals surface area (Å²) in [5.41, 5.74) is 2.12. The van der Waals surface area contributed by atoms with Crippen molar-refractivity contribution < 1.29 is 9.59 Å². The zero-order valence-corrected chi connectivity index (χ0v) is 18.5. The molecule has 0 aliphatic heterocycles. The van der Waals surface area contributed by atoms with E-state index in [1.807, 2.05) is 45.0 Å². The summed E-state index contributed by atoms with van der Waals surface area (Å²) in [5, 5.41) is 9.16. The van der Waals surface area contributed by atoms with E-state index in [2.05, 4.69) is 31.9 Å². The van der Waals surface area contributed by atoms with Crippen LogP contribution in [0.4, 0.5) is 5.69 Å². The van der Waals surface area contributed by atoms with Crippen molar-refractivity contribution in [3.63, 3.8) is 0 Å². The molecule has 150 valence electrons. The average Bonchev–Trinajstić information content (AvgIpc) is 2.65. The van der Waals surface area contributed by atoms with Crippen molar-refractivity contribution in [2.75, 3.05) is 18.4 Å². The SMILES string of the molecule is CC(C)CNC(=O)c1ccc(NCC(=O)NC(C)c2ccc(Br)cc2)cc1Cl. The predicted octanol–water partition coefficient (Wildman–Crippen LogP) is 4.78. The number of halogens is 2. The molecule has 0 spiro atoms. The van der Waals surface area contributed by atoms with Crippen molar-refractivity contribution in [3.8, 4) is 0 Å². The van der Waals surface area contributed by atoms with E-state index in [0.29, 0.717) is 28.7 Å². The normalized spacial score (nSPS) is 11.8. The largest absolute Gasteiger partial charge is 0.376 e. The maximum absolute atomic E-state index is 12.2. The molecule has 0 fully saturated rings. The minimum absolute atomic E-state index is 0.0991. The van der Waals surface area contributed by atoms with Gasteiger partial charge in [0.1, 0.15) is 0 Å². The summed E-state index contributed by atoms with van der Waals surface area (Å²) >= 11 is 9.62. The zero-order chi connectivity index (χ0) is 20.7. The van der Waals surface area contributed by atoms with E-state index < -0.39 is 0 Å². The second kappa shape index (κ2) is 10.5. The smallest absolute Gasteiger partial charge is 0.252 e. The van der Waals surface area contributed by atoms with Crippen LogP contribution in [0.25, 0.3) is 0 Å². The van der Waals surface area contributed by atoms with Crippen LogP contribution in [0.3, 0.4) is 0 Å². The number of carbonyl (C=O) groups is 2. The number of carbonyl (C=O) groups excluding carboxylic acids is 2. The number of hydrogen-bond donors (Lipinski definition) is 3. The van der Waals surface area contributed by atoms with Gasteiger partial charge in [0.05, 0.1) is 23.2 Å². The Morgan fingerprint density at radius 3 is 2.36 bits per heavy atom. The second-order valence-corrected chi connectivity index (χ2v) is 8.32. The quantitative estimate of drug-likeness (QED) is 0.524. The van der Waals surface area contributed by atoms with Crippen LogP contribution in [0.1, 0.15) is 42.7 Å². The zero-order valence-electron chi connectivity index (χ0n) is 16.2. The van der Waals surface area contributed by atoms with E-state index in [9.17, 15) is 9.59 Å². The van der Waals surface area contributed by atoms with Gasteiger partial charge in [-0.3, -0.25) is 9.59 Å². The second-order valence-electron chi connectivity index (χ2n) is 6.99. The molecule has 7 heteroatoms. The lowest BCUT2D eigenvalue weighted by Gasteiger charge is -2.15. The van der Waals surface area contributed by atoms with Crippen LogP contribution >= 0.6 is 27.5 Å². The first-order chi connectivity index (χ1) is 13.3. The van der Waals surface area contributed by atoms with Gasteiger partial charge in [-0.25, -0.2) is 0 Å². The molecule has 0 aliphatic rings. The molecule has 2 amide bonds. The Kier molecular flexibility index (Phi) is 8.33. The summed E-state index contributed by atoms with van der Waals surface area (Å²) < 4.78 is 0.995. The van der Waals surface area contributed by atoms with Crippen LogP contribution < -0.4 is 16.0 Å². The summed E-state index contributed by atoms with van der Waals surface area (Å²) in [4.78, 5) is 24.3. The lowest BCUT2D eigenvalue weighted by atomic mass is 10.1. The monoisotopic (exact) mass is 465 g/mol. The first-order valence-corrected chi connectivity index (χ1v) is 10.3. The summed E-state index contributed by atoms with van der Waals surface area (Å²) in [6.07, 6.45) is 0. The third-order valence-corrected chi connectivity index (χ3v) is 4.93. The van der Waals surface area contributed by atoms with E-state index in [0.717, 1.165) is 10.0 Å². The van der Waals surface area contributed by atoms with Crippen molar-refractivity contribution in [1.82, 2.24) is 10.6 Å². The molecule has 2 aromatic carbocycles. The van der Waals surface area contributed by atoms with Gasteiger partial charge in [-0.1, -0.05) is 53.5 Å². The highest BCUT2D eigenvalue weighted by Gasteiger charge is 2.12. The Morgan fingerprint density at radius 2 is 1.75 bits per heavy atom. The maximum Gasteiger partial charge on any atom is 0.252 e. The van der Waals surface area contributed by atoms with Gasteiger partial charge in [-0.15, -0.1) is 0 Å². The molecule has 2 rings (SSSR count). The van der Waals surface area contributed by atoms with Gasteiger partial charge in [0, 0.05) is 16.7 Å². The van der Waals surface area contributed by atoms with Crippen LogP contribution in [0.5, 0.6) is 0 Å². The molecule has 0 saturated heterocycles. The van der Waals surface area contributed by atoms with Crippen LogP contribution in [-0.2, 0) is 4.79 Å². The van der Waals surface area contributed by atoms with Gasteiger partial charge in [0.15, 0.2) is 0 Å². The first-order valence-electron chi connectivity index (χ1n) is 9.12. The molecule has 1 atom stereocenters. The first kappa shape index (κ1) is 22.2. The molecule has 0 radical (unpaired) electrons. The molecule has 1 unspecified atom stereocenters. The fourth-order valence-electron chi connectivity index (χ4n) is 2.51. The number of benzene rings is 2. The third-order valence-electron chi connectivity index (χ3n) is 4.09. The highest BCUT2D eigenvalue weighted by molar-refractivity contribution is 9.10. The predicted molar refractivity (Wildman–Crippen MR) is 118 cm³/mol. The minimum Gasteiger partial charge on any atom is -0.376 e. The van der Waals surface area contributed by atoms with Gasteiger partial charge in [-0.05, 0) is 48.7 Å². The molecule has 5 nitrogen and oxygen atoms in total. The molecule has 0 saturated carbocycles. The van der Waals surface area contributed by atoms with Crippen LogP contribution in [0.15, 0.2) is 46.9 Å². The summed E-state index contributed by atoms with van der Waals surface area (Å²) in [6.45, 7) is 6.68. The molecule has 28 heavy (non-hydrogen) atoms. The van der Waals surface area contributed by atoms with Crippen LogP contribution in [0.2, 0.25) is 5.02 Å². The summed E-state index contributed by atoms with van der Waals surface area (Å²) in [6, 6.07) is 12.8. The van der Waals surface area contributed by atoms with Crippen molar-refractivity contribution in [2.45, 2.75) is 26.8 Å². The van der Waals surface area contributed by atoms with Gasteiger partial charge in [-0.2, -0.15) is 0 Å². The Labute approximate surface area is 179 Å². The number of rotatable bonds is 8. The van der Waals surface area contributed by atoms with Gasteiger partial charge in [0.25, 0.3) is 5.91 Å². The van der Waals surface area contributed by atoms with E-state index in [1.54, 1.807) is 18.2 Å². The standard InChI is InChI=1S/C21H25BrClN3O2/c1-13(2)11-25-21(28)18-9-8-17(10-19(18)23)24-12-20(27)26-14(3)15-4-6-16(22)7-5-15/h4-10,13-14,24H,11-12H2,1-3H3,(H,25,28)(H,26,27). The number of anilines is 1. The number of amides is 2. The van der Waals surface area contributed by atoms with E-state index in [1.165, 1.54) is 0 Å². The molecule has 2 aromatic rings. The Balaban J connectivity index is 1.88. The highest BCUT2D eigenvalue weighted by Crippen LogP contribution is 2.21. The molecule has 0 aromatic heterocycles. The molecular weight excluding hydrogens is 442 g/mol. The fourth-order valence-corrected chi connectivity index (χ4v) is 3.04. The van der Waals surface area contributed by atoms with Crippen molar-refractivity contribution >= 4 is 45.0 Å². The Hall–Kier alpha value is -2.05. The van der Waals surface area contributed by atoms with Gasteiger partial charge in [0.2, 0.25) is 5.91 Å². The van der Waals surface area contributed by atoms with E-state index in [-0.39, 0.29) is 24.4 Å². The van der Waals surface area contributed by atoms with Crippen molar-refractivity contribution in [1.29, 1.82) is 0 Å². The van der Waals surface area contributed by atoms with E-state index >= 15 is 0 Å². The fraction of sp³-hybridized carbons (Fsp3) is 0.333. The maximum atomic E-state index is 12.2. The molecule has 3 N–H and O–H groups in total. The molecule has 0 aliphatic carbocycles. The topological polar surface area (TPSA) is 70.2 Å². The van der Waals surface area contributed by atoms with E-state index in [4.69, 9.17) is 11.6 Å². The summed E-state index contributed by atoms with van der Waals surface area (Å²) in [7, 11) is 0. The van der Waals surface area contributed by atoms with Gasteiger partial charge >= 0.3 is 0 Å². The van der Waals surface area contributed by atoms with Crippen molar-refractivity contribution in [2.24, 2.45) is 5.92 Å². The molecular formula is C21H25BrClN3O2. The third kappa shape index (κ3) is 6.84. The molecule has 0 heterocycles. The minimum atomic E-state index is -0.202. The Morgan fingerprint density at radius 1 is 1.07 bits per heavy atom. The van der Waals surface area contributed by atoms with Crippen molar-refractivity contribution in [3.05, 3.63) is 63.1 Å². The molecule has 0 bridgehead atoms. The average molecular weight is 467 g/mol.